The lowest BCUT2D eigenvalue weighted by atomic mass is 10.1. The minimum Gasteiger partial charge on any atom is -0.494 e. The molecule has 0 aliphatic heterocycles. The number of anilines is 1. The first-order valence-electron chi connectivity index (χ1n) is 7.97. The number of aliphatic carboxylic acids is 1. The van der Waals surface area contributed by atoms with E-state index in [1.165, 1.54) is 6.92 Å². The van der Waals surface area contributed by atoms with Crippen molar-refractivity contribution >= 4 is 17.6 Å². The number of carboxylic acid groups (broad SMARTS) is 1. The van der Waals surface area contributed by atoms with Gasteiger partial charge in [-0.1, -0.05) is 0 Å². The SMILES string of the molecule is Cc1nc(C(F)(F)F)ccc1C(=O)Nc1ccc(OCCCC(=O)O)cc1. The Morgan fingerprint density at radius 2 is 1.81 bits per heavy atom. The molecule has 1 aromatic carbocycles. The van der Waals surface area contributed by atoms with E-state index < -0.39 is 23.7 Å². The standard InChI is InChI=1S/C18H17F3N2O4/c1-11-14(8-9-15(22-11)18(19,20)21)17(26)23-12-4-6-13(7-5-12)27-10-2-3-16(24)25/h4-9H,2-3,10H2,1H3,(H,23,26)(H,24,25). The Bertz CT molecular complexity index is 820. The molecule has 0 aliphatic carbocycles. The Morgan fingerprint density at radius 1 is 1.15 bits per heavy atom. The highest BCUT2D eigenvalue weighted by molar-refractivity contribution is 6.05. The summed E-state index contributed by atoms with van der Waals surface area (Å²) in [6, 6.07) is 8.16. The molecule has 0 atom stereocenters. The van der Waals surface area contributed by atoms with Gasteiger partial charge in [0.05, 0.1) is 17.9 Å². The molecular weight excluding hydrogens is 365 g/mol. The van der Waals surface area contributed by atoms with Crippen LogP contribution in [-0.2, 0) is 11.0 Å². The molecule has 6 nitrogen and oxygen atoms in total. The predicted molar refractivity (Wildman–Crippen MR) is 90.7 cm³/mol. The zero-order valence-electron chi connectivity index (χ0n) is 14.3. The molecule has 0 bridgehead atoms. The molecule has 0 saturated heterocycles. The van der Waals surface area contributed by atoms with Crippen molar-refractivity contribution in [1.29, 1.82) is 0 Å². The van der Waals surface area contributed by atoms with Crippen molar-refractivity contribution in [2.75, 3.05) is 11.9 Å². The van der Waals surface area contributed by atoms with E-state index in [2.05, 4.69) is 10.3 Å². The fraction of sp³-hybridized carbons (Fsp3) is 0.278. The van der Waals surface area contributed by atoms with Crippen molar-refractivity contribution in [1.82, 2.24) is 4.98 Å². The zero-order valence-corrected chi connectivity index (χ0v) is 14.3. The van der Waals surface area contributed by atoms with E-state index in [1.807, 2.05) is 0 Å². The number of pyridine rings is 1. The molecule has 2 aromatic rings. The fourth-order valence-corrected chi connectivity index (χ4v) is 2.21. The van der Waals surface area contributed by atoms with Crippen LogP contribution >= 0.6 is 0 Å². The van der Waals surface area contributed by atoms with Gasteiger partial charge in [0, 0.05) is 12.1 Å². The number of hydrogen-bond acceptors (Lipinski definition) is 4. The van der Waals surface area contributed by atoms with Gasteiger partial charge in [-0.3, -0.25) is 9.59 Å². The molecule has 0 saturated carbocycles. The molecule has 0 radical (unpaired) electrons. The number of rotatable bonds is 7. The van der Waals surface area contributed by atoms with Crippen LogP contribution in [0.3, 0.4) is 0 Å². The molecule has 2 N–H and O–H groups in total. The van der Waals surface area contributed by atoms with Crippen LogP contribution in [0, 0.1) is 6.92 Å². The van der Waals surface area contributed by atoms with Gasteiger partial charge in [-0.15, -0.1) is 0 Å². The summed E-state index contributed by atoms with van der Waals surface area (Å²) in [4.78, 5) is 26.1. The minimum absolute atomic E-state index is 0.00859. The summed E-state index contributed by atoms with van der Waals surface area (Å²) in [5.41, 5.74) is -0.615. The van der Waals surface area contributed by atoms with E-state index in [9.17, 15) is 22.8 Å². The van der Waals surface area contributed by atoms with Gasteiger partial charge < -0.3 is 15.2 Å². The maximum absolute atomic E-state index is 12.6. The fourth-order valence-electron chi connectivity index (χ4n) is 2.21. The van der Waals surface area contributed by atoms with Gasteiger partial charge in [-0.25, -0.2) is 4.98 Å². The Kier molecular flexibility index (Phi) is 6.38. The second-order valence-electron chi connectivity index (χ2n) is 5.65. The number of aromatic nitrogens is 1. The number of carbonyl (C=O) groups is 2. The lowest BCUT2D eigenvalue weighted by molar-refractivity contribution is -0.141. The largest absolute Gasteiger partial charge is 0.494 e. The molecule has 1 heterocycles. The Balaban J connectivity index is 1.97. The number of alkyl halides is 3. The summed E-state index contributed by atoms with van der Waals surface area (Å²) in [7, 11) is 0. The number of halogens is 3. The number of aryl methyl sites for hydroxylation is 1. The van der Waals surface area contributed by atoms with Crippen LogP contribution in [-0.4, -0.2) is 28.6 Å². The minimum atomic E-state index is -4.57. The monoisotopic (exact) mass is 382 g/mol. The van der Waals surface area contributed by atoms with Crippen LogP contribution in [0.15, 0.2) is 36.4 Å². The molecule has 0 aliphatic rings. The first-order chi connectivity index (χ1) is 12.7. The Labute approximate surface area is 153 Å². The number of nitrogens with one attached hydrogen (secondary N) is 1. The van der Waals surface area contributed by atoms with Crippen LogP contribution in [0.25, 0.3) is 0 Å². The lowest BCUT2D eigenvalue weighted by Crippen LogP contribution is -2.16. The quantitative estimate of drug-likeness (QED) is 0.709. The van der Waals surface area contributed by atoms with E-state index in [0.29, 0.717) is 17.9 Å². The summed E-state index contributed by atoms with van der Waals surface area (Å²) < 4.78 is 43.3. The van der Waals surface area contributed by atoms with E-state index >= 15 is 0 Å². The summed E-state index contributed by atoms with van der Waals surface area (Å²) in [5, 5.41) is 11.1. The number of carbonyl (C=O) groups excluding carboxylic acids is 1. The average molecular weight is 382 g/mol. The summed E-state index contributed by atoms with van der Waals surface area (Å²) in [5.74, 6) is -0.973. The van der Waals surface area contributed by atoms with Crippen molar-refractivity contribution in [3.63, 3.8) is 0 Å². The molecule has 0 fully saturated rings. The molecule has 9 heteroatoms. The molecule has 144 valence electrons. The summed E-state index contributed by atoms with van der Waals surface area (Å²) in [6.45, 7) is 1.58. The lowest BCUT2D eigenvalue weighted by Gasteiger charge is -2.11. The van der Waals surface area contributed by atoms with Gasteiger partial charge in [0.2, 0.25) is 0 Å². The number of nitrogens with zero attached hydrogens (tertiary/aromatic N) is 1. The highest BCUT2D eigenvalue weighted by Gasteiger charge is 2.33. The van der Waals surface area contributed by atoms with Crippen LogP contribution in [0.2, 0.25) is 0 Å². The van der Waals surface area contributed by atoms with Gasteiger partial charge in [-0.2, -0.15) is 13.2 Å². The molecular formula is C18H17F3N2O4. The second-order valence-corrected chi connectivity index (χ2v) is 5.65. The molecule has 2 rings (SSSR count). The topological polar surface area (TPSA) is 88.5 Å². The van der Waals surface area contributed by atoms with E-state index in [4.69, 9.17) is 9.84 Å². The van der Waals surface area contributed by atoms with Crippen molar-refractivity contribution in [3.8, 4) is 5.75 Å². The van der Waals surface area contributed by atoms with Crippen molar-refractivity contribution in [2.24, 2.45) is 0 Å². The summed E-state index contributed by atoms with van der Waals surface area (Å²) >= 11 is 0. The number of carboxylic acids is 1. The van der Waals surface area contributed by atoms with Gasteiger partial charge in [0.15, 0.2) is 0 Å². The first-order valence-corrected chi connectivity index (χ1v) is 7.97. The molecule has 27 heavy (non-hydrogen) atoms. The van der Waals surface area contributed by atoms with Gasteiger partial charge >= 0.3 is 12.1 Å². The highest BCUT2D eigenvalue weighted by atomic mass is 19.4. The zero-order chi connectivity index (χ0) is 20.0. The summed E-state index contributed by atoms with van der Waals surface area (Å²) in [6.07, 6.45) is -4.19. The third kappa shape index (κ3) is 5.98. The van der Waals surface area contributed by atoms with Crippen LogP contribution < -0.4 is 10.1 Å². The number of hydrogen-bond donors (Lipinski definition) is 2. The Morgan fingerprint density at radius 3 is 2.37 bits per heavy atom. The number of amides is 1. The third-order valence-corrected chi connectivity index (χ3v) is 3.54. The van der Waals surface area contributed by atoms with Crippen molar-refractivity contribution in [3.05, 3.63) is 53.3 Å². The normalized spacial score (nSPS) is 11.1. The van der Waals surface area contributed by atoms with Gasteiger partial charge in [0.1, 0.15) is 11.4 Å². The highest BCUT2D eigenvalue weighted by Crippen LogP contribution is 2.28. The maximum Gasteiger partial charge on any atom is 0.433 e. The van der Waals surface area contributed by atoms with Crippen LogP contribution in [0.4, 0.5) is 18.9 Å². The second kappa shape index (κ2) is 8.52. The van der Waals surface area contributed by atoms with E-state index in [0.717, 1.165) is 12.1 Å². The van der Waals surface area contributed by atoms with Crippen LogP contribution in [0.1, 0.15) is 34.6 Å². The predicted octanol–water partition coefficient (Wildman–Crippen LogP) is 3.90. The number of ether oxygens (including phenoxy) is 1. The van der Waals surface area contributed by atoms with Crippen LogP contribution in [0.5, 0.6) is 5.75 Å². The number of benzene rings is 1. The van der Waals surface area contributed by atoms with Crippen molar-refractivity contribution < 1.29 is 32.6 Å². The first kappa shape index (κ1) is 20.2. The van der Waals surface area contributed by atoms with Crippen molar-refractivity contribution in [2.45, 2.75) is 25.9 Å². The Hall–Kier alpha value is -3.10. The van der Waals surface area contributed by atoms with E-state index in [-0.39, 0.29) is 24.3 Å². The smallest absolute Gasteiger partial charge is 0.433 e. The molecule has 0 spiro atoms. The average Bonchev–Trinajstić information content (AvgIpc) is 2.59. The maximum atomic E-state index is 12.6. The molecule has 1 amide bonds. The van der Waals surface area contributed by atoms with Gasteiger partial charge in [-0.05, 0) is 49.7 Å². The molecule has 0 unspecified atom stereocenters. The van der Waals surface area contributed by atoms with E-state index in [1.54, 1.807) is 24.3 Å². The third-order valence-electron chi connectivity index (χ3n) is 3.54. The van der Waals surface area contributed by atoms with Gasteiger partial charge in [0.25, 0.3) is 5.91 Å². The molecule has 1 aromatic heterocycles.